The van der Waals surface area contributed by atoms with Crippen LogP contribution in [0.2, 0.25) is 0 Å². The Kier molecular flexibility index (Phi) is 11.4. The average Bonchev–Trinajstić information content (AvgIpc) is 3.06. The average molecular weight is 670 g/mol. The number of anilines is 1. The molecule has 7 nitrogen and oxygen atoms in total. The van der Waals surface area contributed by atoms with Gasteiger partial charge < -0.3 is 10.2 Å². The van der Waals surface area contributed by atoms with Crippen LogP contribution in [-0.4, -0.2) is 43.8 Å². The SMILES string of the molecule is CC[C@@H](C)NC(=O)[C@@H](Cc1ccccc1)N(Cc1ccccc1F)C(=O)CN(c1cccc(C(F)(F)F)c1)S(=O)(=O)c1ccccc1. The fourth-order valence-electron chi connectivity index (χ4n) is 4.89. The van der Waals surface area contributed by atoms with Crippen molar-refractivity contribution in [2.24, 2.45) is 0 Å². The molecule has 0 unspecified atom stereocenters. The quantitative estimate of drug-likeness (QED) is 0.163. The number of benzene rings is 4. The van der Waals surface area contributed by atoms with Gasteiger partial charge in [-0.15, -0.1) is 0 Å². The van der Waals surface area contributed by atoms with Gasteiger partial charge in [0.25, 0.3) is 10.0 Å². The lowest BCUT2D eigenvalue weighted by Crippen LogP contribution is -2.54. The molecule has 0 saturated carbocycles. The number of alkyl halides is 3. The van der Waals surface area contributed by atoms with Gasteiger partial charge in [0, 0.05) is 24.6 Å². The van der Waals surface area contributed by atoms with Crippen molar-refractivity contribution >= 4 is 27.5 Å². The summed E-state index contributed by atoms with van der Waals surface area (Å²) in [7, 11) is -4.61. The Hall–Kier alpha value is -4.71. The van der Waals surface area contributed by atoms with Crippen molar-refractivity contribution in [2.45, 2.75) is 56.4 Å². The molecule has 0 aliphatic rings. The molecule has 0 heterocycles. The highest BCUT2D eigenvalue weighted by Gasteiger charge is 2.37. The van der Waals surface area contributed by atoms with E-state index in [1.165, 1.54) is 42.5 Å². The van der Waals surface area contributed by atoms with Crippen molar-refractivity contribution in [3.8, 4) is 0 Å². The number of hydrogen-bond donors (Lipinski definition) is 1. The molecule has 4 rings (SSSR count). The summed E-state index contributed by atoms with van der Waals surface area (Å²) in [5.41, 5.74) is -0.790. The lowest BCUT2D eigenvalue weighted by atomic mass is 10.0. The molecule has 1 N–H and O–H groups in total. The number of nitrogens with one attached hydrogen (secondary N) is 1. The minimum Gasteiger partial charge on any atom is -0.352 e. The molecule has 0 saturated heterocycles. The van der Waals surface area contributed by atoms with Crippen molar-refractivity contribution in [3.05, 3.63) is 132 Å². The van der Waals surface area contributed by atoms with E-state index in [1.807, 2.05) is 6.92 Å². The molecule has 248 valence electrons. The molecular weight excluding hydrogens is 634 g/mol. The summed E-state index contributed by atoms with van der Waals surface area (Å²) in [5, 5.41) is 2.87. The number of hydrogen-bond acceptors (Lipinski definition) is 4. The Morgan fingerprint density at radius 3 is 2.09 bits per heavy atom. The van der Waals surface area contributed by atoms with Crippen molar-refractivity contribution in [3.63, 3.8) is 0 Å². The summed E-state index contributed by atoms with van der Waals surface area (Å²) in [6.07, 6.45) is -4.23. The summed E-state index contributed by atoms with van der Waals surface area (Å²) in [6, 6.07) is 23.5. The predicted octanol–water partition coefficient (Wildman–Crippen LogP) is 6.59. The highest BCUT2D eigenvalue weighted by atomic mass is 32.2. The van der Waals surface area contributed by atoms with Gasteiger partial charge in [-0.2, -0.15) is 13.2 Å². The van der Waals surface area contributed by atoms with Gasteiger partial charge in [-0.1, -0.05) is 79.7 Å². The highest BCUT2D eigenvalue weighted by molar-refractivity contribution is 7.92. The molecule has 0 spiro atoms. The molecule has 2 amide bonds. The van der Waals surface area contributed by atoms with E-state index in [0.717, 1.165) is 23.1 Å². The summed E-state index contributed by atoms with van der Waals surface area (Å²) in [6.45, 7) is 2.25. The van der Waals surface area contributed by atoms with Crippen LogP contribution >= 0.6 is 0 Å². The number of carbonyl (C=O) groups is 2. The maximum Gasteiger partial charge on any atom is 0.416 e. The largest absolute Gasteiger partial charge is 0.416 e. The minimum absolute atomic E-state index is 0.00169. The molecule has 2 atom stereocenters. The van der Waals surface area contributed by atoms with Crippen LogP contribution < -0.4 is 9.62 Å². The van der Waals surface area contributed by atoms with E-state index in [-0.39, 0.29) is 22.9 Å². The lowest BCUT2D eigenvalue weighted by molar-refractivity contribution is -0.140. The third-order valence-electron chi connectivity index (χ3n) is 7.64. The second kappa shape index (κ2) is 15.3. The van der Waals surface area contributed by atoms with Gasteiger partial charge in [0.05, 0.1) is 16.1 Å². The molecule has 0 aromatic heterocycles. The first-order valence-corrected chi connectivity index (χ1v) is 16.4. The Balaban J connectivity index is 1.85. The first-order chi connectivity index (χ1) is 22.3. The van der Waals surface area contributed by atoms with E-state index >= 15 is 4.39 Å². The zero-order chi connectivity index (χ0) is 34.2. The Labute approximate surface area is 271 Å². The molecule has 4 aromatic carbocycles. The van der Waals surface area contributed by atoms with Crippen molar-refractivity contribution in [2.75, 3.05) is 10.8 Å². The van der Waals surface area contributed by atoms with Crippen LogP contribution in [0.3, 0.4) is 0 Å². The van der Waals surface area contributed by atoms with E-state index in [9.17, 15) is 31.2 Å². The molecular formula is C35H35F4N3O4S. The van der Waals surface area contributed by atoms with Gasteiger partial charge in [0.1, 0.15) is 18.4 Å². The Bertz CT molecular complexity index is 1770. The third-order valence-corrected chi connectivity index (χ3v) is 9.43. The summed E-state index contributed by atoms with van der Waals surface area (Å²) >= 11 is 0. The normalized spacial score (nSPS) is 13.0. The van der Waals surface area contributed by atoms with Gasteiger partial charge >= 0.3 is 6.18 Å². The topological polar surface area (TPSA) is 86.8 Å². The number of rotatable bonds is 13. The lowest BCUT2D eigenvalue weighted by Gasteiger charge is -2.34. The summed E-state index contributed by atoms with van der Waals surface area (Å²) in [4.78, 5) is 29.0. The Morgan fingerprint density at radius 2 is 1.47 bits per heavy atom. The zero-order valence-electron chi connectivity index (χ0n) is 25.8. The first-order valence-electron chi connectivity index (χ1n) is 14.9. The number of halogens is 4. The van der Waals surface area contributed by atoms with Gasteiger partial charge in [-0.25, -0.2) is 12.8 Å². The fraction of sp³-hybridized carbons (Fsp3) is 0.257. The second-order valence-corrected chi connectivity index (χ2v) is 12.9. The number of amides is 2. The van der Waals surface area contributed by atoms with E-state index in [4.69, 9.17) is 0 Å². The van der Waals surface area contributed by atoms with Gasteiger partial charge in [0.2, 0.25) is 11.8 Å². The molecule has 4 aromatic rings. The molecule has 0 radical (unpaired) electrons. The monoisotopic (exact) mass is 669 g/mol. The van der Waals surface area contributed by atoms with Gasteiger partial charge in [-0.3, -0.25) is 13.9 Å². The highest BCUT2D eigenvalue weighted by Crippen LogP contribution is 2.33. The number of carbonyl (C=O) groups excluding carboxylic acids is 2. The van der Waals surface area contributed by atoms with Crippen LogP contribution in [0.1, 0.15) is 37.0 Å². The van der Waals surface area contributed by atoms with E-state index in [0.29, 0.717) is 22.4 Å². The maximum atomic E-state index is 15.0. The molecule has 47 heavy (non-hydrogen) atoms. The van der Waals surface area contributed by atoms with E-state index < -0.39 is 64.2 Å². The number of sulfonamides is 1. The molecule has 0 aliphatic heterocycles. The fourth-order valence-corrected chi connectivity index (χ4v) is 6.32. The molecule has 0 bridgehead atoms. The first kappa shape index (κ1) is 35.1. The van der Waals surface area contributed by atoms with Gasteiger partial charge in [0.15, 0.2) is 0 Å². The van der Waals surface area contributed by atoms with Gasteiger partial charge in [-0.05, 0) is 55.3 Å². The number of nitrogens with zero attached hydrogens (tertiary/aromatic N) is 2. The summed E-state index contributed by atoms with van der Waals surface area (Å²) < 4.78 is 84.8. The van der Waals surface area contributed by atoms with Crippen LogP contribution in [0.4, 0.5) is 23.2 Å². The van der Waals surface area contributed by atoms with Crippen LogP contribution in [0, 0.1) is 5.82 Å². The standard InChI is InChI=1S/C35H35F4N3O4S/c1-3-25(2)40-34(44)32(21-26-13-6-4-7-14-26)41(23-27-15-10-11-20-31(27)36)33(43)24-42(47(45,46)30-18-8-5-9-19-30)29-17-12-16-28(22-29)35(37,38)39/h4-20,22,25,32H,3,21,23-24H2,1-2H3,(H,40,44)/t25-,32-/m1/s1. The van der Waals surface area contributed by atoms with Crippen molar-refractivity contribution in [1.29, 1.82) is 0 Å². The van der Waals surface area contributed by atoms with Crippen molar-refractivity contribution < 1.29 is 35.6 Å². The van der Waals surface area contributed by atoms with E-state index in [1.54, 1.807) is 49.4 Å². The summed E-state index contributed by atoms with van der Waals surface area (Å²) in [5.74, 6) is -2.13. The maximum absolute atomic E-state index is 15.0. The van der Waals surface area contributed by atoms with Crippen LogP contribution in [0.15, 0.2) is 114 Å². The third kappa shape index (κ3) is 8.97. The Morgan fingerprint density at radius 1 is 0.851 bits per heavy atom. The predicted molar refractivity (Wildman–Crippen MR) is 171 cm³/mol. The molecule has 0 aliphatic carbocycles. The second-order valence-electron chi connectivity index (χ2n) is 11.0. The zero-order valence-corrected chi connectivity index (χ0v) is 26.6. The molecule has 12 heteroatoms. The van der Waals surface area contributed by atoms with E-state index in [2.05, 4.69) is 5.32 Å². The van der Waals surface area contributed by atoms with Crippen LogP contribution in [0.5, 0.6) is 0 Å². The van der Waals surface area contributed by atoms with Crippen LogP contribution in [-0.2, 0) is 38.8 Å². The minimum atomic E-state index is -4.80. The smallest absolute Gasteiger partial charge is 0.352 e. The van der Waals surface area contributed by atoms with Crippen LogP contribution in [0.25, 0.3) is 0 Å². The van der Waals surface area contributed by atoms with Crippen molar-refractivity contribution in [1.82, 2.24) is 10.2 Å². The molecule has 0 fully saturated rings.